The van der Waals surface area contributed by atoms with E-state index in [2.05, 4.69) is 11.2 Å². The van der Waals surface area contributed by atoms with E-state index in [1.54, 1.807) is 0 Å². The second-order valence-corrected chi connectivity index (χ2v) is 7.37. The summed E-state index contributed by atoms with van der Waals surface area (Å²) in [6.07, 6.45) is 5.96. The number of hydrogen-bond donors (Lipinski definition) is 1. The number of carbonyl (C=O) groups excluding carboxylic acids is 1. The Morgan fingerprint density at radius 2 is 2.25 bits per heavy atom. The molecule has 0 spiro atoms. The number of aliphatic hydroxyl groups excluding tert-OH is 1. The van der Waals surface area contributed by atoms with Crippen LogP contribution in [0.4, 0.5) is 10.5 Å². The van der Waals surface area contributed by atoms with Gasteiger partial charge in [-0.25, -0.2) is 4.79 Å². The van der Waals surface area contributed by atoms with Gasteiger partial charge in [-0.1, -0.05) is 12.3 Å². The van der Waals surface area contributed by atoms with E-state index in [1.807, 2.05) is 41.8 Å². The first-order valence-electron chi connectivity index (χ1n) is 9.40. The minimum absolute atomic E-state index is 0. The van der Waals surface area contributed by atoms with Crippen molar-refractivity contribution in [2.24, 2.45) is 0 Å². The summed E-state index contributed by atoms with van der Waals surface area (Å²) in [5, 5.41) is 10.0. The molecule has 2 aliphatic rings. The van der Waals surface area contributed by atoms with Gasteiger partial charge in [-0.15, -0.1) is 0 Å². The van der Waals surface area contributed by atoms with Gasteiger partial charge in [0, 0.05) is 57.4 Å². The molecule has 1 fully saturated rings. The van der Waals surface area contributed by atoms with Crippen molar-refractivity contribution in [1.29, 1.82) is 0 Å². The van der Waals surface area contributed by atoms with E-state index in [9.17, 15) is 9.90 Å². The van der Waals surface area contributed by atoms with Crippen molar-refractivity contribution in [2.75, 3.05) is 18.1 Å². The normalized spacial score (nSPS) is 21.2. The Labute approximate surface area is 189 Å². The zero-order valence-corrected chi connectivity index (χ0v) is 19.0. The second-order valence-electron chi connectivity index (χ2n) is 7.37. The van der Waals surface area contributed by atoms with E-state index in [1.165, 1.54) is 6.20 Å². The summed E-state index contributed by atoms with van der Waals surface area (Å²) < 4.78 is 10.5. The van der Waals surface area contributed by atoms with Crippen LogP contribution in [0.25, 0.3) is 0 Å². The third-order valence-electron chi connectivity index (χ3n) is 5.34. The Hall–Kier alpha value is -1.44. The Kier molecular flexibility index (Phi) is 6.78. The number of nitrogens with zero attached hydrogens (tertiary/aromatic N) is 3. The number of urea groups is 1. The first kappa shape index (κ1) is 21.3. The van der Waals surface area contributed by atoms with Gasteiger partial charge in [0.2, 0.25) is 6.08 Å². The molecule has 8 heteroatoms. The van der Waals surface area contributed by atoms with E-state index in [-0.39, 0.29) is 56.9 Å². The van der Waals surface area contributed by atoms with Gasteiger partial charge in [0.15, 0.2) is 0 Å². The summed E-state index contributed by atoms with van der Waals surface area (Å²) in [5.41, 5.74) is 2.98. The van der Waals surface area contributed by atoms with Crippen LogP contribution in [0.3, 0.4) is 0 Å². The molecular weight excluding hydrogens is 435 g/mol. The van der Waals surface area contributed by atoms with Crippen LogP contribution in [0.2, 0.25) is 0 Å². The van der Waals surface area contributed by atoms with Gasteiger partial charge >= 0.3 is 6.03 Å². The fraction of sp³-hybridized carbons (Fsp3) is 0.500. The zero-order chi connectivity index (χ0) is 19.0. The van der Waals surface area contributed by atoms with Crippen LogP contribution in [0.1, 0.15) is 43.9 Å². The van der Waals surface area contributed by atoms with Gasteiger partial charge in [0.25, 0.3) is 0 Å². The first-order valence-corrected chi connectivity index (χ1v) is 9.40. The van der Waals surface area contributed by atoms with Crippen LogP contribution in [-0.2, 0) is 39.1 Å². The SMILES string of the molecule is CC(C)N1C[C@H](CCOc2nc[c-]o2)N(c2ccc3c(c2)CCC3O)C1=O.[Y]. The van der Waals surface area contributed by atoms with Gasteiger partial charge in [-0.3, -0.25) is 4.90 Å². The summed E-state index contributed by atoms with van der Waals surface area (Å²) in [7, 11) is 0. The Balaban J connectivity index is 0.00000225. The van der Waals surface area contributed by atoms with Crippen molar-refractivity contribution in [3.63, 3.8) is 0 Å². The summed E-state index contributed by atoms with van der Waals surface area (Å²) in [6.45, 7) is 5.10. The average Bonchev–Trinajstić information content (AvgIpc) is 3.35. The molecule has 2 amide bonds. The molecule has 1 unspecified atom stereocenters. The summed E-state index contributed by atoms with van der Waals surface area (Å²) >= 11 is 0. The molecule has 147 valence electrons. The monoisotopic (exact) mass is 459 g/mol. The Bertz CT molecular complexity index is 812. The van der Waals surface area contributed by atoms with Crippen LogP contribution in [0.5, 0.6) is 6.08 Å². The van der Waals surface area contributed by atoms with Gasteiger partial charge < -0.3 is 24.1 Å². The van der Waals surface area contributed by atoms with Crippen molar-refractivity contribution in [3.8, 4) is 6.08 Å². The van der Waals surface area contributed by atoms with Gasteiger partial charge in [-0.2, -0.15) is 0 Å². The van der Waals surface area contributed by atoms with Crippen molar-refractivity contribution in [2.45, 2.75) is 51.3 Å². The molecule has 1 N–H and O–H groups in total. The number of amides is 2. The molecule has 1 aromatic carbocycles. The predicted octanol–water partition coefficient (Wildman–Crippen LogP) is 2.94. The molecule has 1 aromatic heterocycles. The molecule has 7 nitrogen and oxygen atoms in total. The number of aliphatic hydroxyl groups is 1. The predicted molar refractivity (Wildman–Crippen MR) is 98.7 cm³/mol. The minimum atomic E-state index is -0.391. The number of ether oxygens (including phenoxy) is 1. The zero-order valence-electron chi connectivity index (χ0n) is 16.2. The average molecular weight is 459 g/mol. The number of benzene rings is 1. The number of hydrogen-bond acceptors (Lipinski definition) is 5. The third kappa shape index (κ3) is 4.12. The molecule has 0 bridgehead atoms. The Morgan fingerprint density at radius 3 is 2.96 bits per heavy atom. The third-order valence-corrected chi connectivity index (χ3v) is 5.34. The molecule has 1 aliphatic heterocycles. The van der Waals surface area contributed by atoms with Gasteiger partial charge in [0.05, 0.1) is 18.8 Å². The summed E-state index contributed by atoms with van der Waals surface area (Å²) in [4.78, 5) is 20.7. The molecule has 4 rings (SSSR count). The van der Waals surface area contributed by atoms with Crippen molar-refractivity contribution in [3.05, 3.63) is 41.8 Å². The molecular formula is C20H24N3O4Y-. The molecule has 2 heterocycles. The van der Waals surface area contributed by atoms with E-state index in [0.717, 1.165) is 29.7 Å². The van der Waals surface area contributed by atoms with Crippen molar-refractivity contribution in [1.82, 2.24) is 9.88 Å². The fourth-order valence-corrected chi connectivity index (χ4v) is 3.92. The summed E-state index contributed by atoms with van der Waals surface area (Å²) in [6, 6.07) is 6.07. The largest absolute Gasteiger partial charge is 0.602 e. The maximum absolute atomic E-state index is 13.0. The molecule has 28 heavy (non-hydrogen) atoms. The fourth-order valence-electron chi connectivity index (χ4n) is 3.92. The van der Waals surface area contributed by atoms with Crippen LogP contribution in [0.15, 0.2) is 28.8 Å². The molecule has 2 atom stereocenters. The number of oxazole rings is 1. The summed E-state index contributed by atoms with van der Waals surface area (Å²) in [5.74, 6) is 0. The van der Waals surface area contributed by atoms with Crippen LogP contribution >= 0.6 is 0 Å². The molecule has 1 saturated heterocycles. The molecule has 0 saturated carbocycles. The Morgan fingerprint density at radius 1 is 1.43 bits per heavy atom. The van der Waals surface area contributed by atoms with E-state index < -0.39 is 6.10 Å². The van der Waals surface area contributed by atoms with Crippen molar-refractivity contribution < 1.29 is 51.8 Å². The van der Waals surface area contributed by atoms with Crippen LogP contribution in [-0.4, -0.2) is 46.3 Å². The number of fused-ring (bicyclic) bond motifs is 1. The second kappa shape index (κ2) is 8.93. The quantitative estimate of drug-likeness (QED) is 0.673. The van der Waals surface area contributed by atoms with Crippen molar-refractivity contribution >= 4 is 11.7 Å². The maximum atomic E-state index is 13.0. The molecule has 1 aliphatic carbocycles. The minimum Gasteiger partial charge on any atom is -0.602 e. The standard InChI is InChI=1S/C20H24N3O4.Y/c1-13(2)22-12-16(7-9-26-19-21-8-10-27-19)23(20(22)25)15-4-5-17-14(11-15)3-6-18(17)24;/h4-5,8,11,13,16,18,24H,3,6-7,9,12H2,1-2H3;/q-1;/t16-,18?;/m0./s1. The van der Waals surface area contributed by atoms with E-state index in [0.29, 0.717) is 19.6 Å². The van der Waals surface area contributed by atoms with Crippen LogP contribution < -0.4 is 9.64 Å². The molecule has 2 aromatic rings. The first-order chi connectivity index (χ1) is 13.0. The number of rotatable bonds is 6. The maximum Gasteiger partial charge on any atom is 0.325 e. The number of aryl methyl sites for hydroxylation is 1. The topological polar surface area (TPSA) is 79.0 Å². The van der Waals surface area contributed by atoms with Crippen LogP contribution in [0, 0.1) is 6.26 Å². The van der Waals surface area contributed by atoms with E-state index in [4.69, 9.17) is 9.15 Å². The van der Waals surface area contributed by atoms with Gasteiger partial charge in [0.1, 0.15) is 0 Å². The number of anilines is 1. The smallest absolute Gasteiger partial charge is 0.325 e. The number of aromatic nitrogens is 1. The number of carbonyl (C=O) groups is 1. The van der Waals surface area contributed by atoms with E-state index >= 15 is 0 Å². The van der Waals surface area contributed by atoms with Gasteiger partial charge in [-0.05, 0) is 56.1 Å². The molecule has 1 radical (unpaired) electrons.